The molecule has 0 heterocycles. The Bertz CT molecular complexity index is 448. The smallest absolute Gasteiger partial charge is 0.306 e. The van der Waals surface area contributed by atoms with E-state index < -0.39 is 11.9 Å². The van der Waals surface area contributed by atoms with Gasteiger partial charge in [0.25, 0.3) is 0 Å². The maximum absolute atomic E-state index is 11.3. The number of carbonyl (C=O) groups is 1. The molecule has 0 fully saturated rings. The highest BCUT2D eigenvalue weighted by atomic mass is 16.4. The van der Waals surface area contributed by atoms with E-state index in [4.69, 9.17) is 0 Å². The second-order valence-corrected chi connectivity index (χ2v) is 5.69. The number of carboxylic acids is 1. The van der Waals surface area contributed by atoms with Gasteiger partial charge in [0.1, 0.15) is 0 Å². The number of nitriles is 1. The first-order valence-corrected chi connectivity index (χ1v) is 7.22. The van der Waals surface area contributed by atoms with Crippen LogP contribution in [0.15, 0.2) is 30.3 Å². The zero-order valence-electron chi connectivity index (χ0n) is 12.2. The maximum atomic E-state index is 11.3. The predicted octanol–water partition coefficient (Wildman–Crippen LogP) is 4.21. The van der Waals surface area contributed by atoms with Crippen LogP contribution < -0.4 is 0 Å². The molecule has 3 heteroatoms. The van der Waals surface area contributed by atoms with Crippen molar-refractivity contribution in [2.24, 2.45) is 11.8 Å². The van der Waals surface area contributed by atoms with E-state index in [1.807, 2.05) is 30.3 Å². The number of aliphatic carboxylic acids is 1. The van der Waals surface area contributed by atoms with Gasteiger partial charge in [0.15, 0.2) is 0 Å². The van der Waals surface area contributed by atoms with Crippen LogP contribution in [0.5, 0.6) is 0 Å². The minimum absolute atomic E-state index is 0.337. The molecular formula is C17H23NO2. The lowest BCUT2D eigenvalue weighted by Gasteiger charge is -2.16. The largest absolute Gasteiger partial charge is 0.481 e. The molecule has 0 aromatic heterocycles. The molecule has 0 aliphatic rings. The van der Waals surface area contributed by atoms with Gasteiger partial charge in [-0.25, -0.2) is 0 Å². The van der Waals surface area contributed by atoms with E-state index in [9.17, 15) is 15.2 Å². The molecule has 0 aliphatic heterocycles. The van der Waals surface area contributed by atoms with Crippen LogP contribution in [-0.2, 0) is 4.79 Å². The van der Waals surface area contributed by atoms with Gasteiger partial charge < -0.3 is 5.11 Å². The minimum Gasteiger partial charge on any atom is -0.481 e. The van der Waals surface area contributed by atoms with Crippen molar-refractivity contribution in [3.8, 4) is 6.07 Å². The molecule has 0 spiro atoms. The zero-order chi connectivity index (χ0) is 15.0. The van der Waals surface area contributed by atoms with Crippen molar-refractivity contribution >= 4 is 5.97 Å². The highest BCUT2D eigenvalue weighted by Gasteiger charge is 2.23. The summed E-state index contributed by atoms with van der Waals surface area (Å²) in [5, 5.41) is 18.6. The van der Waals surface area contributed by atoms with E-state index in [1.54, 1.807) is 0 Å². The summed E-state index contributed by atoms with van der Waals surface area (Å²) in [6, 6.07) is 11.7. The predicted molar refractivity (Wildman–Crippen MR) is 79.2 cm³/mol. The van der Waals surface area contributed by atoms with Crippen LogP contribution in [0.25, 0.3) is 0 Å². The Balaban J connectivity index is 2.64. The lowest BCUT2D eigenvalue weighted by Crippen LogP contribution is -2.17. The second kappa shape index (κ2) is 8.37. The van der Waals surface area contributed by atoms with Gasteiger partial charge in [-0.05, 0) is 24.3 Å². The molecule has 1 aromatic carbocycles. The molecule has 2 atom stereocenters. The second-order valence-electron chi connectivity index (χ2n) is 5.69. The molecule has 0 amide bonds. The number of carboxylic acid groups (broad SMARTS) is 1. The fourth-order valence-electron chi connectivity index (χ4n) is 2.35. The van der Waals surface area contributed by atoms with Gasteiger partial charge in [0, 0.05) is 0 Å². The van der Waals surface area contributed by atoms with Crippen molar-refractivity contribution in [1.29, 1.82) is 5.26 Å². The number of rotatable bonds is 8. The first kappa shape index (κ1) is 16.2. The summed E-state index contributed by atoms with van der Waals surface area (Å²) >= 11 is 0. The van der Waals surface area contributed by atoms with Crippen LogP contribution >= 0.6 is 0 Å². The minimum atomic E-state index is -0.787. The van der Waals surface area contributed by atoms with E-state index in [0.29, 0.717) is 18.8 Å². The molecule has 1 rings (SSSR count). The summed E-state index contributed by atoms with van der Waals surface area (Å²) in [6.07, 6.45) is 2.99. The van der Waals surface area contributed by atoms with Crippen molar-refractivity contribution < 1.29 is 9.90 Å². The first-order valence-electron chi connectivity index (χ1n) is 7.22. The Morgan fingerprint density at radius 2 is 1.90 bits per heavy atom. The van der Waals surface area contributed by atoms with Crippen LogP contribution in [0.4, 0.5) is 0 Å². The molecule has 20 heavy (non-hydrogen) atoms. The summed E-state index contributed by atoms with van der Waals surface area (Å²) in [6.45, 7) is 4.27. The van der Waals surface area contributed by atoms with Crippen molar-refractivity contribution in [3.63, 3.8) is 0 Å². The molecule has 108 valence electrons. The number of hydrogen-bond acceptors (Lipinski definition) is 2. The van der Waals surface area contributed by atoms with Crippen LogP contribution in [0, 0.1) is 23.2 Å². The van der Waals surface area contributed by atoms with Crippen LogP contribution in [0.1, 0.15) is 51.0 Å². The first-order chi connectivity index (χ1) is 9.54. The van der Waals surface area contributed by atoms with Gasteiger partial charge >= 0.3 is 5.97 Å². The Morgan fingerprint density at radius 1 is 1.25 bits per heavy atom. The molecular weight excluding hydrogens is 250 g/mol. The molecule has 1 unspecified atom stereocenters. The Morgan fingerprint density at radius 3 is 2.40 bits per heavy atom. The van der Waals surface area contributed by atoms with Crippen LogP contribution in [-0.4, -0.2) is 11.1 Å². The van der Waals surface area contributed by atoms with E-state index in [2.05, 4.69) is 19.9 Å². The maximum Gasteiger partial charge on any atom is 0.306 e. The summed E-state index contributed by atoms with van der Waals surface area (Å²) in [5.41, 5.74) is 0.908. The van der Waals surface area contributed by atoms with Crippen molar-refractivity contribution in [2.45, 2.75) is 45.4 Å². The fourth-order valence-corrected chi connectivity index (χ4v) is 2.35. The molecule has 0 radical (unpaired) electrons. The SMILES string of the molecule is CC(C)CCCC(C[C@H](C#N)c1ccccc1)C(=O)O. The number of nitrogens with zero attached hydrogens (tertiary/aromatic N) is 1. The van der Waals surface area contributed by atoms with E-state index in [0.717, 1.165) is 18.4 Å². The molecule has 1 N–H and O–H groups in total. The quantitative estimate of drug-likeness (QED) is 0.771. The molecule has 1 aromatic rings. The van der Waals surface area contributed by atoms with E-state index in [-0.39, 0.29) is 5.92 Å². The standard InChI is InChI=1S/C17H23NO2/c1-13(2)7-6-10-15(17(19)20)11-16(12-18)14-8-4-3-5-9-14/h3-5,8-9,13,15-16H,6-7,10-11H2,1-2H3,(H,19,20)/t15?,16-/m1/s1. The summed E-state index contributed by atoms with van der Waals surface area (Å²) in [5.74, 6) is -0.967. The lowest BCUT2D eigenvalue weighted by molar-refractivity contribution is -0.142. The molecule has 0 saturated carbocycles. The molecule has 3 nitrogen and oxygen atoms in total. The zero-order valence-corrected chi connectivity index (χ0v) is 12.2. The molecule has 0 aliphatic carbocycles. The van der Waals surface area contributed by atoms with E-state index in [1.165, 1.54) is 0 Å². The molecule has 0 bridgehead atoms. The Kier molecular flexibility index (Phi) is 6.79. The third-order valence-corrected chi connectivity index (χ3v) is 3.56. The Labute approximate surface area is 121 Å². The fraction of sp³-hybridized carbons (Fsp3) is 0.529. The van der Waals surface area contributed by atoms with Gasteiger partial charge in [-0.3, -0.25) is 4.79 Å². The van der Waals surface area contributed by atoms with Crippen molar-refractivity contribution in [2.75, 3.05) is 0 Å². The number of hydrogen-bond donors (Lipinski definition) is 1. The van der Waals surface area contributed by atoms with Gasteiger partial charge in [0.2, 0.25) is 0 Å². The van der Waals surface area contributed by atoms with Crippen molar-refractivity contribution in [3.05, 3.63) is 35.9 Å². The highest BCUT2D eigenvalue weighted by Crippen LogP contribution is 2.26. The summed E-state index contributed by atoms with van der Waals surface area (Å²) < 4.78 is 0. The number of benzene rings is 1. The van der Waals surface area contributed by atoms with Crippen molar-refractivity contribution in [1.82, 2.24) is 0 Å². The van der Waals surface area contributed by atoms with Gasteiger partial charge in [0.05, 0.1) is 17.9 Å². The summed E-state index contributed by atoms with van der Waals surface area (Å²) in [7, 11) is 0. The highest BCUT2D eigenvalue weighted by molar-refractivity contribution is 5.70. The van der Waals surface area contributed by atoms with Crippen LogP contribution in [0.3, 0.4) is 0 Å². The third kappa shape index (κ3) is 5.44. The normalized spacial score (nSPS) is 13.7. The average Bonchev–Trinajstić information content (AvgIpc) is 2.43. The van der Waals surface area contributed by atoms with Gasteiger partial charge in [-0.1, -0.05) is 57.0 Å². The average molecular weight is 273 g/mol. The van der Waals surface area contributed by atoms with Gasteiger partial charge in [-0.15, -0.1) is 0 Å². The molecule has 0 saturated heterocycles. The summed E-state index contributed by atoms with van der Waals surface area (Å²) in [4.78, 5) is 11.3. The Hall–Kier alpha value is -1.82. The van der Waals surface area contributed by atoms with Gasteiger partial charge in [-0.2, -0.15) is 5.26 Å². The van der Waals surface area contributed by atoms with Crippen LogP contribution in [0.2, 0.25) is 0 Å². The monoisotopic (exact) mass is 273 g/mol. The van der Waals surface area contributed by atoms with E-state index >= 15 is 0 Å². The third-order valence-electron chi connectivity index (χ3n) is 3.56. The lowest BCUT2D eigenvalue weighted by atomic mass is 9.86. The topological polar surface area (TPSA) is 61.1 Å².